The van der Waals surface area contributed by atoms with E-state index in [4.69, 9.17) is 23.2 Å². The highest BCUT2D eigenvalue weighted by atomic mass is 35.5. The third-order valence-corrected chi connectivity index (χ3v) is 6.12. The van der Waals surface area contributed by atoms with Crippen LogP contribution in [-0.2, 0) is 0 Å². The molecule has 1 aromatic heterocycles. The molecule has 0 aliphatic carbocycles. The number of hydrogen-bond acceptors (Lipinski definition) is 1. The molecule has 4 aromatic carbocycles. The van der Waals surface area contributed by atoms with Crippen molar-refractivity contribution >= 4 is 23.2 Å². The van der Waals surface area contributed by atoms with E-state index in [1.165, 1.54) is 0 Å². The number of aromatic nitrogens is 1. The van der Waals surface area contributed by atoms with Crippen LogP contribution < -0.4 is 9.67 Å². The molecule has 2 nitrogen and oxygen atoms in total. The summed E-state index contributed by atoms with van der Waals surface area (Å²) < 4.78 is 2.11. The molecule has 4 heteroatoms. The van der Waals surface area contributed by atoms with Crippen molar-refractivity contribution in [1.29, 1.82) is 0 Å². The van der Waals surface area contributed by atoms with Crippen molar-refractivity contribution in [2.45, 2.75) is 0 Å². The maximum absolute atomic E-state index is 12.2. The number of hydrogen-bond donors (Lipinski definition) is 0. The molecule has 0 saturated heterocycles. The molecule has 0 N–H and O–H groups in total. The summed E-state index contributed by atoms with van der Waals surface area (Å²) >= 11 is 12.6. The van der Waals surface area contributed by atoms with Crippen LogP contribution in [0.4, 0.5) is 0 Å². The van der Waals surface area contributed by atoms with Gasteiger partial charge in [-0.25, -0.2) is 0 Å². The fourth-order valence-electron chi connectivity index (χ4n) is 3.99. The van der Waals surface area contributed by atoms with Crippen LogP contribution in [0.3, 0.4) is 0 Å². The lowest BCUT2D eigenvalue weighted by Crippen LogP contribution is -2.36. The van der Waals surface area contributed by atoms with Crippen molar-refractivity contribution in [3.63, 3.8) is 0 Å². The van der Waals surface area contributed by atoms with Gasteiger partial charge in [0.2, 0.25) is 17.1 Å². The van der Waals surface area contributed by atoms with Crippen LogP contribution in [0.1, 0.15) is 0 Å². The number of halogens is 2. The van der Waals surface area contributed by atoms with Crippen LogP contribution in [0.5, 0.6) is 5.75 Å². The van der Waals surface area contributed by atoms with Gasteiger partial charge in [0.1, 0.15) is 0 Å². The van der Waals surface area contributed by atoms with Gasteiger partial charge < -0.3 is 5.11 Å². The molecule has 0 atom stereocenters. The summed E-state index contributed by atoms with van der Waals surface area (Å²) in [7, 11) is 0. The molecule has 0 spiro atoms. The van der Waals surface area contributed by atoms with Crippen molar-refractivity contribution in [3.8, 4) is 45.1 Å². The molecule has 0 aliphatic heterocycles. The maximum Gasteiger partial charge on any atom is 0.219 e. The van der Waals surface area contributed by atoms with E-state index in [2.05, 4.69) is 53.1 Å². The van der Waals surface area contributed by atoms with E-state index in [0.717, 1.165) is 39.3 Å². The van der Waals surface area contributed by atoms with Crippen LogP contribution in [0.25, 0.3) is 39.3 Å². The number of nitrogens with zero attached hydrogens (tertiary/aromatic N) is 1. The Labute approximate surface area is 202 Å². The zero-order chi connectivity index (χ0) is 22.8. The minimum atomic E-state index is -0.369. The quantitative estimate of drug-likeness (QED) is 0.254. The fraction of sp³-hybridized carbons (Fsp3) is 0. The second-order valence-corrected chi connectivity index (χ2v) is 8.50. The van der Waals surface area contributed by atoms with Crippen LogP contribution in [0.2, 0.25) is 10.0 Å². The van der Waals surface area contributed by atoms with Crippen molar-refractivity contribution in [2.75, 3.05) is 0 Å². The van der Waals surface area contributed by atoms with Crippen molar-refractivity contribution in [1.82, 2.24) is 0 Å². The molecule has 0 bridgehead atoms. The van der Waals surface area contributed by atoms with E-state index in [0.29, 0.717) is 0 Å². The number of pyridine rings is 1. The van der Waals surface area contributed by atoms with Crippen LogP contribution in [0.15, 0.2) is 115 Å². The molecular formula is C29H19Cl2NO. The van der Waals surface area contributed by atoms with Crippen molar-refractivity contribution in [3.05, 3.63) is 125 Å². The van der Waals surface area contributed by atoms with Crippen molar-refractivity contribution < 1.29 is 9.67 Å². The fourth-order valence-corrected chi connectivity index (χ4v) is 4.46. The second kappa shape index (κ2) is 9.11. The highest BCUT2D eigenvalue weighted by Gasteiger charge is 2.25. The van der Waals surface area contributed by atoms with E-state index < -0.39 is 0 Å². The molecule has 5 rings (SSSR count). The Morgan fingerprint density at radius 3 is 1.30 bits per heavy atom. The van der Waals surface area contributed by atoms with Gasteiger partial charge in [0.05, 0.1) is 0 Å². The molecule has 0 aliphatic rings. The van der Waals surface area contributed by atoms with Gasteiger partial charge in [0, 0.05) is 45.4 Å². The predicted octanol–water partition coefficient (Wildman–Crippen LogP) is 7.34. The van der Waals surface area contributed by atoms with Gasteiger partial charge in [-0.3, -0.25) is 0 Å². The predicted molar refractivity (Wildman–Crippen MR) is 134 cm³/mol. The molecule has 0 fully saturated rings. The lowest BCUT2D eigenvalue weighted by Gasteiger charge is -2.15. The van der Waals surface area contributed by atoms with E-state index in [1.807, 2.05) is 54.6 Å². The highest BCUT2D eigenvalue weighted by Crippen LogP contribution is 2.34. The normalized spacial score (nSPS) is 10.8. The first-order valence-electron chi connectivity index (χ1n) is 10.5. The molecule has 0 amide bonds. The smallest absolute Gasteiger partial charge is 0.219 e. The van der Waals surface area contributed by atoms with Gasteiger partial charge in [-0.05, 0) is 35.4 Å². The lowest BCUT2D eigenvalue weighted by atomic mass is 9.98. The Bertz CT molecular complexity index is 1340. The largest absolute Gasteiger partial charge is 0.870 e. The van der Waals surface area contributed by atoms with E-state index in [1.54, 1.807) is 12.1 Å². The van der Waals surface area contributed by atoms with Gasteiger partial charge in [0.15, 0.2) is 0 Å². The Hall–Kier alpha value is -3.59. The maximum atomic E-state index is 12.2. The third-order valence-electron chi connectivity index (χ3n) is 5.55. The Morgan fingerprint density at radius 2 is 0.879 bits per heavy atom. The minimum Gasteiger partial charge on any atom is -0.870 e. The Kier molecular flexibility index (Phi) is 5.87. The summed E-state index contributed by atoms with van der Waals surface area (Å²) in [6.45, 7) is 0. The van der Waals surface area contributed by atoms with E-state index >= 15 is 0 Å². The van der Waals surface area contributed by atoms with Gasteiger partial charge in [-0.2, -0.15) is 4.57 Å². The summed E-state index contributed by atoms with van der Waals surface area (Å²) in [6.07, 6.45) is 0. The average Bonchev–Trinajstić information content (AvgIpc) is 2.88. The zero-order valence-corrected chi connectivity index (χ0v) is 19.1. The highest BCUT2D eigenvalue weighted by molar-refractivity contribution is 6.37. The first kappa shape index (κ1) is 21.3. The summed E-state index contributed by atoms with van der Waals surface area (Å²) in [5.74, 6) is -0.369. The molecule has 0 saturated carbocycles. The summed E-state index contributed by atoms with van der Waals surface area (Å²) in [5.41, 5.74) is 6.91. The topological polar surface area (TPSA) is 26.9 Å². The third kappa shape index (κ3) is 4.23. The molecule has 0 unspecified atom stereocenters. The second-order valence-electron chi connectivity index (χ2n) is 7.69. The average molecular weight is 468 g/mol. The lowest BCUT2D eigenvalue weighted by molar-refractivity contribution is -0.572. The molecular weight excluding hydrogens is 449 g/mol. The standard InChI is InChI=1S/C29H19Cl2NO/c30-25-18-24(19-26(31)29(25)33)32-27(21-12-6-2-7-13-21)16-23(20-10-4-1-5-11-20)17-28(32)22-14-8-3-9-15-22/h1-19H. The van der Waals surface area contributed by atoms with Crippen LogP contribution in [-0.4, -0.2) is 0 Å². The van der Waals surface area contributed by atoms with Crippen LogP contribution >= 0.6 is 23.2 Å². The molecule has 160 valence electrons. The zero-order valence-electron chi connectivity index (χ0n) is 17.6. The van der Waals surface area contributed by atoms with E-state index in [-0.39, 0.29) is 15.8 Å². The van der Waals surface area contributed by atoms with Gasteiger partial charge in [0.25, 0.3) is 0 Å². The summed E-state index contributed by atoms with van der Waals surface area (Å²) in [5, 5.41) is 12.4. The van der Waals surface area contributed by atoms with Crippen LogP contribution in [0, 0.1) is 0 Å². The SMILES string of the molecule is [O-]c1c(Cl)cc(-[n+]2c(-c3ccccc3)cc(-c3ccccc3)cc2-c2ccccc2)cc1Cl. The summed E-state index contributed by atoms with van der Waals surface area (Å²) in [6, 6.07) is 38.3. The Morgan fingerprint density at radius 1 is 0.485 bits per heavy atom. The van der Waals surface area contributed by atoms with Gasteiger partial charge >= 0.3 is 0 Å². The van der Waals surface area contributed by atoms with Crippen molar-refractivity contribution in [2.24, 2.45) is 0 Å². The molecule has 5 aromatic rings. The monoisotopic (exact) mass is 467 g/mol. The molecule has 0 radical (unpaired) electrons. The van der Waals surface area contributed by atoms with E-state index in [9.17, 15) is 5.11 Å². The Balaban J connectivity index is 1.90. The summed E-state index contributed by atoms with van der Waals surface area (Å²) in [4.78, 5) is 0. The van der Waals surface area contributed by atoms with Gasteiger partial charge in [-0.15, -0.1) is 0 Å². The number of benzene rings is 4. The molecule has 33 heavy (non-hydrogen) atoms. The first-order valence-corrected chi connectivity index (χ1v) is 11.3. The minimum absolute atomic E-state index is 0.0927. The number of rotatable bonds is 4. The van der Waals surface area contributed by atoms with Gasteiger partial charge in [-0.1, -0.05) is 95.7 Å². The molecule has 1 heterocycles. The first-order chi connectivity index (χ1) is 16.1.